The minimum atomic E-state index is -0.483. The Balaban J connectivity index is 3.14. The highest BCUT2D eigenvalue weighted by atomic mass is 79.9. The fourth-order valence-corrected chi connectivity index (χ4v) is 1.24. The highest BCUT2D eigenvalue weighted by Gasteiger charge is 2.11. The van der Waals surface area contributed by atoms with Crippen LogP contribution < -0.4 is 0 Å². The van der Waals surface area contributed by atoms with Gasteiger partial charge in [-0.1, -0.05) is 0 Å². The molecule has 0 N–H and O–H groups in total. The van der Waals surface area contributed by atoms with Crippen molar-refractivity contribution in [2.75, 3.05) is 7.11 Å². The third kappa shape index (κ3) is 2.04. The highest BCUT2D eigenvalue weighted by Crippen LogP contribution is 2.15. The van der Waals surface area contributed by atoms with Crippen LogP contribution in [0.5, 0.6) is 0 Å². The van der Waals surface area contributed by atoms with E-state index in [-0.39, 0.29) is 5.69 Å². The summed E-state index contributed by atoms with van der Waals surface area (Å²) in [4.78, 5) is 14.9. The average molecular weight is 241 g/mol. The molecule has 1 aromatic rings. The van der Waals surface area contributed by atoms with E-state index in [1.54, 1.807) is 0 Å². The summed E-state index contributed by atoms with van der Waals surface area (Å²) in [6.45, 7) is 0. The molecule has 0 spiro atoms. The Hall–Kier alpha value is -1.41. The second-order valence-corrected chi connectivity index (χ2v) is 2.89. The molecule has 66 valence electrons. The molecule has 1 aromatic heterocycles. The third-order valence-corrected chi connectivity index (χ3v) is 1.97. The lowest BCUT2D eigenvalue weighted by Gasteiger charge is -2.00. The summed E-state index contributed by atoms with van der Waals surface area (Å²) in [5.41, 5.74) is 0.557. The van der Waals surface area contributed by atoms with Crippen LogP contribution in [0, 0.1) is 11.3 Å². The highest BCUT2D eigenvalue weighted by molar-refractivity contribution is 9.10. The van der Waals surface area contributed by atoms with E-state index in [1.165, 1.54) is 19.2 Å². The number of aromatic nitrogens is 1. The molecule has 0 aliphatic heterocycles. The van der Waals surface area contributed by atoms with Gasteiger partial charge in [0.05, 0.1) is 12.7 Å². The average Bonchev–Trinajstić information content (AvgIpc) is 2.16. The van der Waals surface area contributed by atoms with E-state index >= 15 is 0 Å². The maximum Gasteiger partial charge on any atom is 0.340 e. The number of nitrogens with zero attached hydrogens (tertiary/aromatic N) is 2. The Kier molecular flexibility index (Phi) is 2.98. The van der Waals surface area contributed by atoms with Gasteiger partial charge in [-0.05, 0) is 28.1 Å². The van der Waals surface area contributed by atoms with Crippen molar-refractivity contribution in [3.8, 4) is 6.07 Å². The molecule has 0 unspecified atom stereocenters. The van der Waals surface area contributed by atoms with Crippen molar-refractivity contribution in [3.05, 3.63) is 28.0 Å². The first-order chi connectivity index (χ1) is 6.19. The summed E-state index contributed by atoms with van der Waals surface area (Å²) < 4.78 is 4.82. The van der Waals surface area contributed by atoms with E-state index in [0.717, 1.165) is 0 Å². The van der Waals surface area contributed by atoms with Crippen LogP contribution in [0.25, 0.3) is 0 Å². The number of nitriles is 1. The lowest BCUT2D eigenvalue weighted by Crippen LogP contribution is -2.03. The number of carbonyl (C=O) groups is 1. The Labute approximate surface area is 83.3 Å². The SMILES string of the molecule is COC(=O)c1ccc(C#N)nc1Br. The molecule has 1 rings (SSSR count). The summed E-state index contributed by atoms with van der Waals surface area (Å²) in [6.07, 6.45) is 0. The van der Waals surface area contributed by atoms with E-state index in [0.29, 0.717) is 10.2 Å². The number of carbonyl (C=O) groups excluding carboxylic acids is 1. The molecule has 0 amide bonds. The van der Waals surface area contributed by atoms with Gasteiger partial charge in [0.2, 0.25) is 0 Å². The molecule has 1 heterocycles. The fraction of sp³-hybridized carbons (Fsp3) is 0.125. The number of ether oxygens (including phenoxy) is 1. The Morgan fingerprint density at radius 2 is 2.38 bits per heavy atom. The largest absolute Gasteiger partial charge is 0.465 e. The van der Waals surface area contributed by atoms with Gasteiger partial charge in [-0.2, -0.15) is 5.26 Å². The molecule has 0 aliphatic rings. The standard InChI is InChI=1S/C8H5BrN2O2/c1-13-8(12)6-3-2-5(4-10)11-7(6)9/h2-3H,1H3. The van der Waals surface area contributed by atoms with Crippen molar-refractivity contribution >= 4 is 21.9 Å². The zero-order valence-electron chi connectivity index (χ0n) is 6.74. The number of pyridine rings is 1. The van der Waals surface area contributed by atoms with Gasteiger partial charge in [-0.25, -0.2) is 9.78 Å². The monoisotopic (exact) mass is 240 g/mol. The Bertz CT molecular complexity index is 384. The Morgan fingerprint density at radius 1 is 1.69 bits per heavy atom. The van der Waals surface area contributed by atoms with Crippen LogP contribution in [-0.2, 0) is 4.74 Å². The van der Waals surface area contributed by atoms with Crippen molar-refractivity contribution in [3.63, 3.8) is 0 Å². The zero-order chi connectivity index (χ0) is 9.84. The van der Waals surface area contributed by atoms with Gasteiger partial charge in [0, 0.05) is 0 Å². The minimum absolute atomic E-state index is 0.250. The van der Waals surface area contributed by atoms with Crippen molar-refractivity contribution < 1.29 is 9.53 Å². The van der Waals surface area contributed by atoms with Gasteiger partial charge in [0.15, 0.2) is 0 Å². The molecular weight excluding hydrogens is 236 g/mol. The van der Waals surface area contributed by atoms with E-state index < -0.39 is 5.97 Å². The second-order valence-electron chi connectivity index (χ2n) is 2.14. The second kappa shape index (κ2) is 4.01. The molecule has 0 radical (unpaired) electrons. The summed E-state index contributed by atoms with van der Waals surface area (Å²) in [6, 6.07) is 4.80. The van der Waals surface area contributed by atoms with Crippen LogP contribution >= 0.6 is 15.9 Å². The van der Waals surface area contributed by atoms with Gasteiger partial charge in [-0.3, -0.25) is 0 Å². The van der Waals surface area contributed by atoms with Gasteiger partial charge in [0.25, 0.3) is 0 Å². The van der Waals surface area contributed by atoms with Crippen molar-refractivity contribution in [1.29, 1.82) is 5.26 Å². The molecule has 4 nitrogen and oxygen atoms in total. The molecule has 13 heavy (non-hydrogen) atoms. The number of hydrogen-bond acceptors (Lipinski definition) is 4. The van der Waals surface area contributed by atoms with Crippen LogP contribution in [0.3, 0.4) is 0 Å². The molecular formula is C8H5BrN2O2. The summed E-state index contributed by atoms with van der Waals surface area (Å²) in [5.74, 6) is -0.483. The summed E-state index contributed by atoms with van der Waals surface area (Å²) in [5, 5.41) is 8.50. The molecule has 0 saturated heterocycles. The summed E-state index contributed by atoms with van der Waals surface area (Å²) >= 11 is 3.07. The topological polar surface area (TPSA) is 63.0 Å². The lowest BCUT2D eigenvalue weighted by molar-refractivity contribution is 0.0599. The predicted molar refractivity (Wildman–Crippen MR) is 48.0 cm³/mol. The molecule has 0 aliphatic carbocycles. The normalized spacial score (nSPS) is 9.00. The maximum absolute atomic E-state index is 11.1. The lowest BCUT2D eigenvalue weighted by atomic mass is 10.2. The van der Waals surface area contributed by atoms with Crippen LogP contribution in [0.4, 0.5) is 0 Å². The first-order valence-electron chi connectivity index (χ1n) is 3.34. The first-order valence-corrected chi connectivity index (χ1v) is 4.13. The van der Waals surface area contributed by atoms with Gasteiger partial charge in [0.1, 0.15) is 16.4 Å². The van der Waals surface area contributed by atoms with Gasteiger partial charge < -0.3 is 4.74 Å². The maximum atomic E-state index is 11.1. The first kappa shape index (κ1) is 9.68. The molecule has 0 atom stereocenters. The fourth-order valence-electron chi connectivity index (χ4n) is 0.759. The molecule has 0 bridgehead atoms. The summed E-state index contributed by atoms with van der Waals surface area (Å²) in [7, 11) is 1.28. The predicted octanol–water partition coefficient (Wildman–Crippen LogP) is 1.50. The van der Waals surface area contributed by atoms with Crippen LogP contribution in [0.1, 0.15) is 16.1 Å². The number of methoxy groups -OCH3 is 1. The zero-order valence-corrected chi connectivity index (χ0v) is 8.33. The van der Waals surface area contributed by atoms with E-state index in [9.17, 15) is 4.79 Å². The molecule has 5 heteroatoms. The number of rotatable bonds is 1. The quantitative estimate of drug-likeness (QED) is 0.552. The molecule has 0 aromatic carbocycles. The molecule has 0 fully saturated rings. The molecule has 0 saturated carbocycles. The van der Waals surface area contributed by atoms with Crippen LogP contribution in [-0.4, -0.2) is 18.1 Å². The van der Waals surface area contributed by atoms with Crippen molar-refractivity contribution in [2.24, 2.45) is 0 Å². The van der Waals surface area contributed by atoms with Crippen LogP contribution in [0.15, 0.2) is 16.7 Å². The number of esters is 1. The minimum Gasteiger partial charge on any atom is -0.465 e. The number of hydrogen-bond donors (Lipinski definition) is 0. The Morgan fingerprint density at radius 3 is 2.85 bits per heavy atom. The smallest absolute Gasteiger partial charge is 0.340 e. The van der Waals surface area contributed by atoms with Crippen molar-refractivity contribution in [2.45, 2.75) is 0 Å². The van der Waals surface area contributed by atoms with Crippen molar-refractivity contribution in [1.82, 2.24) is 4.98 Å². The van der Waals surface area contributed by atoms with E-state index in [4.69, 9.17) is 5.26 Å². The third-order valence-electron chi connectivity index (χ3n) is 1.37. The number of halogens is 1. The van der Waals surface area contributed by atoms with E-state index in [1.807, 2.05) is 6.07 Å². The van der Waals surface area contributed by atoms with Gasteiger partial charge in [-0.15, -0.1) is 0 Å². The van der Waals surface area contributed by atoms with E-state index in [2.05, 4.69) is 25.7 Å². The van der Waals surface area contributed by atoms with Crippen LogP contribution in [0.2, 0.25) is 0 Å². The van der Waals surface area contributed by atoms with Gasteiger partial charge >= 0.3 is 5.97 Å².